The number of methoxy groups -OCH3 is 1. The number of nitrogens with one attached hydrogen (secondary N) is 1. The predicted molar refractivity (Wildman–Crippen MR) is 165 cm³/mol. The molecule has 8 nitrogen and oxygen atoms in total. The van der Waals surface area contributed by atoms with Crippen LogP contribution >= 0.6 is 0 Å². The van der Waals surface area contributed by atoms with Crippen LogP contribution in [0.5, 0.6) is 5.75 Å². The molecule has 42 heavy (non-hydrogen) atoms. The number of nitrogens with zero attached hydrogens (tertiary/aromatic N) is 2. The third kappa shape index (κ3) is 7.50. The van der Waals surface area contributed by atoms with Gasteiger partial charge in [0.1, 0.15) is 18.3 Å². The summed E-state index contributed by atoms with van der Waals surface area (Å²) >= 11 is 0. The standard InChI is InChI=1S/C33H41N3O5S/c1-24-14-20-30(21-15-24)42(39,40)36(31-13-9-8-10-25(31)2)23-32(37)35(22-27-16-18-29(41-4)19-17-27)26(3)33(38)34-28-11-6-5-7-12-28/h8-10,13-21,26,28H,5-7,11-12,22-23H2,1-4H3,(H,34,38)/t26-/m1/s1. The third-order valence-electron chi connectivity index (χ3n) is 7.90. The Labute approximate surface area is 249 Å². The molecule has 1 saturated carbocycles. The Bertz CT molecular complexity index is 1470. The Hall–Kier alpha value is -3.85. The first kappa shape index (κ1) is 31.1. The fraction of sp³-hybridized carbons (Fsp3) is 0.394. The highest BCUT2D eigenvalue weighted by molar-refractivity contribution is 7.92. The molecule has 0 heterocycles. The second kappa shape index (κ2) is 13.9. The van der Waals surface area contributed by atoms with Gasteiger partial charge < -0.3 is 15.0 Å². The minimum Gasteiger partial charge on any atom is -0.497 e. The van der Waals surface area contributed by atoms with E-state index in [0.29, 0.717) is 17.0 Å². The monoisotopic (exact) mass is 591 g/mol. The van der Waals surface area contributed by atoms with Gasteiger partial charge >= 0.3 is 0 Å². The Kier molecular flexibility index (Phi) is 10.3. The highest BCUT2D eigenvalue weighted by atomic mass is 32.2. The quantitative estimate of drug-likeness (QED) is 0.323. The first-order valence-electron chi connectivity index (χ1n) is 14.5. The van der Waals surface area contributed by atoms with E-state index >= 15 is 0 Å². The van der Waals surface area contributed by atoms with Crippen LogP contribution in [0.25, 0.3) is 0 Å². The van der Waals surface area contributed by atoms with Crippen molar-refractivity contribution in [3.63, 3.8) is 0 Å². The number of benzene rings is 3. The smallest absolute Gasteiger partial charge is 0.264 e. The van der Waals surface area contributed by atoms with Crippen molar-refractivity contribution >= 4 is 27.5 Å². The van der Waals surface area contributed by atoms with Crippen molar-refractivity contribution in [2.24, 2.45) is 0 Å². The van der Waals surface area contributed by atoms with Crippen molar-refractivity contribution in [2.75, 3.05) is 18.0 Å². The zero-order valence-corrected chi connectivity index (χ0v) is 25.7. The van der Waals surface area contributed by atoms with E-state index in [1.165, 1.54) is 4.90 Å². The van der Waals surface area contributed by atoms with Crippen LogP contribution in [0.15, 0.2) is 77.7 Å². The average Bonchev–Trinajstić information content (AvgIpc) is 2.99. The largest absolute Gasteiger partial charge is 0.497 e. The molecular weight excluding hydrogens is 550 g/mol. The third-order valence-corrected chi connectivity index (χ3v) is 9.68. The number of hydrogen-bond acceptors (Lipinski definition) is 5. The van der Waals surface area contributed by atoms with Gasteiger partial charge in [0.25, 0.3) is 10.0 Å². The number of carbonyl (C=O) groups is 2. The number of anilines is 1. The van der Waals surface area contributed by atoms with Crippen molar-refractivity contribution in [3.05, 3.63) is 89.5 Å². The molecule has 0 aliphatic heterocycles. The van der Waals surface area contributed by atoms with Gasteiger partial charge in [-0.15, -0.1) is 0 Å². The van der Waals surface area contributed by atoms with Gasteiger partial charge in [0, 0.05) is 12.6 Å². The molecule has 0 aromatic heterocycles. The molecular formula is C33H41N3O5S. The summed E-state index contributed by atoms with van der Waals surface area (Å²) in [4.78, 5) is 29.2. The van der Waals surface area contributed by atoms with E-state index in [1.807, 2.05) is 38.1 Å². The van der Waals surface area contributed by atoms with E-state index < -0.39 is 28.5 Å². The van der Waals surface area contributed by atoms with Gasteiger partial charge in [-0.25, -0.2) is 8.42 Å². The molecule has 0 bridgehead atoms. The van der Waals surface area contributed by atoms with Gasteiger partial charge in [-0.2, -0.15) is 0 Å². The van der Waals surface area contributed by atoms with Crippen molar-refractivity contribution in [1.82, 2.24) is 10.2 Å². The number of carbonyl (C=O) groups excluding carboxylic acids is 2. The van der Waals surface area contributed by atoms with E-state index in [0.717, 1.165) is 47.5 Å². The normalized spacial score (nSPS) is 14.6. The summed E-state index contributed by atoms with van der Waals surface area (Å²) in [5, 5.41) is 3.13. The van der Waals surface area contributed by atoms with Crippen LogP contribution < -0.4 is 14.4 Å². The zero-order chi connectivity index (χ0) is 30.3. The van der Waals surface area contributed by atoms with Crippen molar-refractivity contribution < 1.29 is 22.7 Å². The van der Waals surface area contributed by atoms with Crippen LogP contribution in [0.1, 0.15) is 55.7 Å². The number of rotatable bonds is 11. The number of hydrogen-bond donors (Lipinski definition) is 1. The number of aryl methyl sites for hydroxylation is 2. The van der Waals surface area contributed by atoms with Crippen LogP contribution in [0.2, 0.25) is 0 Å². The second-order valence-electron chi connectivity index (χ2n) is 11.0. The Morgan fingerprint density at radius 3 is 2.19 bits per heavy atom. The number of ether oxygens (including phenoxy) is 1. The van der Waals surface area contributed by atoms with Crippen molar-refractivity contribution in [3.8, 4) is 5.75 Å². The predicted octanol–water partition coefficient (Wildman–Crippen LogP) is 5.37. The summed E-state index contributed by atoms with van der Waals surface area (Å²) in [5.74, 6) is -0.0433. The zero-order valence-electron chi connectivity index (χ0n) is 24.9. The minimum atomic E-state index is -4.10. The van der Waals surface area contributed by atoms with Crippen LogP contribution in [-0.2, 0) is 26.2 Å². The molecule has 1 atom stereocenters. The van der Waals surface area contributed by atoms with Gasteiger partial charge in [-0.1, -0.05) is 67.3 Å². The van der Waals surface area contributed by atoms with Crippen molar-refractivity contribution in [1.29, 1.82) is 0 Å². The molecule has 0 saturated heterocycles. The highest BCUT2D eigenvalue weighted by Crippen LogP contribution is 2.28. The summed E-state index contributed by atoms with van der Waals surface area (Å²) in [5.41, 5.74) is 2.85. The maximum Gasteiger partial charge on any atom is 0.264 e. The lowest BCUT2D eigenvalue weighted by molar-refractivity contribution is -0.139. The molecule has 3 aromatic rings. The number of para-hydroxylation sites is 1. The molecule has 1 aliphatic carbocycles. The van der Waals surface area contributed by atoms with Gasteiger partial charge in [-0.3, -0.25) is 13.9 Å². The van der Waals surface area contributed by atoms with Gasteiger partial charge in [0.15, 0.2) is 0 Å². The van der Waals surface area contributed by atoms with Gasteiger partial charge in [-0.05, 0) is 75.1 Å². The fourth-order valence-electron chi connectivity index (χ4n) is 5.27. The molecule has 1 aliphatic rings. The maximum atomic E-state index is 14.2. The molecule has 2 amide bonds. The molecule has 3 aromatic carbocycles. The number of sulfonamides is 1. The molecule has 224 valence electrons. The summed E-state index contributed by atoms with van der Waals surface area (Å²) in [6.07, 6.45) is 5.13. The Balaban J connectivity index is 1.68. The summed E-state index contributed by atoms with van der Waals surface area (Å²) in [7, 11) is -2.52. The molecule has 1 N–H and O–H groups in total. The lowest BCUT2D eigenvalue weighted by atomic mass is 9.95. The van der Waals surface area contributed by atoms with Crippen LogP contribution in [0, 0.1) is 13.8 Å². The molecule has 0 spiro atoms. The molecule has 1 fully saturated rings. The van der Waals surface area contributed by atoms with Crippen LogP contribution in [0.3, 0.4) is 0 Å². The lowest BCUT2D eigenvalue weighted by Gasteiger charge is -2.33. The lowest BCUT2D eigenvalue weighted by Crippen LogP contribution is -2.53. The van der Waals surface area contributed by atoms with Crippen molar-refractivity contribution in [2.45, 2.75) is 76.4 Å². The highest BCUT2D eigenvalue weighted by Gasteiger charge is 2.33. The fourth-order valence-corrected chi connectivity index (χ4v) is 6.75. The SMILES string of the molecule is COc1ccc(CN(C(=O)CN(c2ccccc2C)S(=O)(=O)c2ccc(C)cc2)[C@H](C)C(=O)NC2CCCCC2)cc1. The van der Waals surface area contributed by atoms with Gasteiger partial charge in [0.05, 0.1) is 17.7 Å². The topological polar surface area (TPSA) is 96.0 Å². The van der Waals surface area contributed by atoms with E-state index in [9.17, 15) is 18.0 Å². The number of amides is 2. The van der Waals surface area contributed by atoms with Gasteiger partial charge in [0.2, 0.25) is 11.8 Å². The summed E-state index contributed by atoms with van der Waals surface area (Å²) < 4.78 is 34.5. The van der Waals surface area contributed by atoms with E-state index in [4.69, 9.17) is 4.74 Å². The van der Waals surface area contributed by atoms with E-state index in [1.54, 1.807) is 62.6 Å². The first-order chi connectivity index (χ1) is 20.1. The molecule has 0 radical (unpaired) electrons. The van der Waals surface area contributed by atoms with Crippen LogP contribution in [0.4, 0.5) is 5.69 Å². The summed E-state index contributed by atoms with van der Waals surface area (Å²) in [6, 6.07) is 20.2. The molecule has 4 rings (SSSR count). The second-order valence-corrected chi connectivity index (χ2v) is 12.9. The minimum absolute atomic E-state index is 0.0806. The maximum absolute atomic E-state index is 14.2. The average molecular weight is 592 g/mol. The Morgan fingerprint density at radius 2 is 1.57 bits per heavy atom. The van der Waals surface area contributed by atoms with Crippen LogP contribution in [-0.4, -0.2) is 50.9 Å². The molecule has 9 heteroatoms. The summed E-state index contributed by atoms with van der Waals surface area (Å²) in [6.45, 7) is 5.07. The molecule has 0 unspecified atom stereocenters. The first-order valence-corrected chi connectivity index (χ1v) is 15.9. The van der Waals surface area contributed by atoms with E-state index in [2.05, 4.69) is 5.32 Å². The Morgan fingerprint density at radius 1 is 0.929 bits per heavy atom. The van der Waals surface area contributed by atoms with E-state index in [-0.39, 0.29) is 23.4 Å².